The maximum atomic E-state index is 3.68. The van der Waals surface area contributed by atoms with Gasteiger partial charge >= 0.3 is 0 Å². The van der Waals surface area contributed by atoms with Crippen LogP contribution in [-0.2, 0) is 0 Å². The first-order valence-corrected chi connectivity index (χ1v) is 5.89. The van der Waals surface area contributed by atoms with E-state index in [0.29, 0.717) is 0 Å². The molecule has 13 heavy (non-hydrogen) atoms. The van der Waals surface area contributed by atoms with E-state index in [-0.39, 0.29) is 0 Å². The van der Waals surface area contributed by atoms with Gasteiger partial charge in [-0.2, -0.15) is 0 Å². The zero-order valence-corrected chi connectivity index (χ0v) is 8.26. The Bertz CT molecular complexity index is 193. The fourth-order valence-corrected chi connectivity index (χ4v) is 3.85. The van der Waals surface area contributed by atoms with E-state index in [0.717, 1.165) is 30.5 Å². The molecule has 2 N–H and O–H groups in total. The first-order valence-electron chi connectivity index (χ1n) is 5.89. The molecule has 0 radical (unpaired) electrons. The lowest BCUT2D eigenvalue weighted by atomic mass is 9.71. The van der Waals surface area contributed by atoms with Crippen LogP contribution in [-0.4, -0.2) is 19.3 Å². The quantitative estimate of drug-likeness (QED) is 0.587. The molecule has 0 aromatic heterocycles. The van der Waals surface area contributed by atoms with Crippen molar-refractivity contribution in [2.45, 2.75) is 38.1 Å². The van der Waals surface area contributed by atoms with Crippen molar-refractivity contribution in [1.82, 2.24) is 10.6 Å². The second kappa shape index (κ2) is 3.25. The summed E-state index contributed by atoms with van der Waals surface area (Å²) in [4.78, 5) is 0. The van der Waals surface area contributed by atoms with Crippen LogP contribution in [0.25, 0.3) is 0 Å². The first kappa shape index (κ1) is 8.25. The molecule has 2 heteroatoms. The molecule has 2 saturated carbocycles. The zero-order chi connectivity index (χ0) is 8.67. The van der Waals surface area contributed by atoms with Gasteiger partial charge in [0.05, 0.1) is 0 Å². The molecule has 2 nitrogen and oxygen atoms in total. The molecule has 1 aliphatic heterocycles. The summed E-state index contributed by atoms with van der Waals surface area (Å²) in [6, 6.07) is 0.863. The molecule has 3 aliphatic rings. The number of hydrogen-bond donors (Lipinski definition) is 2. The predicted molar refractivity (Wildman–Crippen MR) is 53.3 cm³/mol. The SMILES string of the molecule is C1CC2CCC3CNCNC3C2C1. The summed E-state index contributed by atoms with van der Waals surface area (Å²) in [7, 11) is 0. The first-order chi connectivity index (χ1) is 6.45. The Kier molecular flexibility index (Phi) is 2.06. The van der Waals surface area contributed by atoms with Crippen LogP contribution in [0.1, 0.15) is 32.1 Å². The van der Waals surface area contributed by atoms with Crippen LogP contribution in [0.2, 0.25) is 0 Å². The summed E-state index contributed by atoms with van der Waals surface area (Å²) in [6.45, 7) is 2.31. The van der Waals surface area contributed by atoms with Crippen molar-refractivity contribution in [2.24, 2.45) is 17.8 Å². The van der Waals surface area contributed by atoms with Gasteiger partial charge < -0.3 is 10.6 Å². The second-order valence-electron chi connectivity index (χ2n) is 5.05. The molecule has 0 amide bonds. The molecule has 0 bridgehead atoms. The molecular formula is C11H20N2. The van der Waals surface area contributed by atoms with Crippen molar-refractivity contribution in [1.29, 1.82) is 0 Å². The normalized spacial score (nSPS) is 49.8. The fraction of sp³-hybridized carbons (Fsp3) is 1.00. The van der Waals surface area contributed by atoms with E-state index in [1.165, 1.54) is 38.6 Å². The van der Waals surface area contributed by atoms with Crippen molar-refractivity contribution in [3.8, 4) is 0 Å². The maximum absolute atomic E-state index is 3.68. The summed E-state index contributed by atoms with van der Waals surface area (Å²) >= 11 is 0. The third-order valence-electron chi connectivity index (χ3n) is 4.46. The van der Waals surface area contributed by atoms with Crippen molar-refractivity contribution in [3.63, 3.8) is 0 Å². The van der Waals surface area contributed by atoms with Crippen molar-refractivity contribution < 1.29 is 0 Å². The van der Waals surface area contributed by atoms with Crippen LogP contribution < -0.4 is 10.6 Å². The number of fused-ring (bicyclic) bond motifs is 3. The van der Waals surface area contributed by atoms with Crippen LogP contribution in [0.4, 0.5) is 0 Å². The van der Waals surface area contributed by atoms with Gasteiger partial charge in [0.2, 0.25) is 0 Å². The Morgan fingerprint density at radius 2 is 1.85 bits per heavy atom. The highest BCUT2D eigenvalue weighted by Gasteiger charge is 2.42. The van der Waals surface area contributed by atoms with Crippen LogP contribution in [0, 0.1) is 17.8 Å². The van der Waals surface area contributed by atoms with Gasteiger partial charge in [0.25, 0.3) is 0 Å². The molecule has 4 unspecified atom stereocenters. The Hall–Kier alpha value is -0.0800. The van der Waals surface area contributed by atoms with Crippen molar-refractivity contribution >= 4 is 0 Å². The minimum absolute atomic E-state index is 0.863. The van der Waals surface area contributed by atoms with Gasteiger partial charge in [0.15, 0.2) is 0 Å². The summed E-state index contributed by atoms with van der Waals surface area (Å²) in [5, 5.41) is 7.13. The van der Waals surface area contributed by atoms with Crippen LogP contribution >= 0.6 is 0 Å². The molecule has 1 saturated heterocycles. The monoisotopic (exact) mass is 180 g/mol. The number of rotatable bonds is 0. The molecular weight excluding hydrogens is 160 g/mol. The highest BCUT2D eigenvalue weighted by molar-refractivity contribution is 4.97. The number of hydrogen-bond acceptors (Lipinski definition) is 2. The van der Waals surface area contributed by atoms with Gasteiger partial charge in [-0.25, -0.2) is 0 Å². The molecule has 3 fully saturated rings. The number of nitrogens with one attached hydrogen (secondary N) is 2. The molecule has 0 aromatic rings. The van der Waals surface area contributed by atoms with Crippen LogP contribution in [0.5, 0.6) is 0 Å². The van der Waals surface area contributed by atoms with E-state index in [2.05, 4.69) is 10.6 Å². The van der Waals surface area contributed by atoms with E-state index in [9.17, 15) is 0 Å². The van der Waals surface area contributed by atoms with Gasteiger partial charge in [0.1, 0.15) is 0 Å². The lowest BCUT2D eigenvalue weighted by molar-refractivity contribution is 0.114. The van der Waals surface area contributed by atoms with Gasteiger partial charge in [-0.05, 0) is 37.0 Å². The van der Waals surface area contributed by atoms with Gasteiger partial charge in [0, 0.05) is 19.3 Å². The minimum Gasteiger partial charge on any atom is -0.304 e. The van der Waals surface area contributed by atoms with E-state index in [1.807, 2.05) is 0 Å². The highest BCUT2D eigenvalue weighted by atomic mass is 15.1. The molecule has 0 spiro atoms. The van der Waals surface area contributed by atoms with Gasteiger partial charge in [-0.1, -0.05) is 12.8 Å². The lowest BCUT2D eigenvalue weighted by Gasteiger charge is -2.44. The molecule has 1 heterocycles. The molecule has 0 aromatic carbocycles. The van der Waals surface area contributed by atoms with E-state index < -0.39 is 0 Å². The standard InChI is InChI=1S/C11H20N2/c1-2-8-4-5-9-6-12-7-13-11(9)10(8)3-1/h8-13H,1-7H2. The predicted octanol–water partition coefficient (Wildman–Crippen LogP) is 1.33. The average molecular weight is 180 g/mol. The van der Waals surface area contributed by atoms with E-state index >= 15 is 0 Å². The van der Waals surface area contributed by atoms with E-state index in [4.69, 9.17) is 0 Å². The largest absolute Gasteiger partial charge is 0.304 e. The summed E-state index contributed by atoms with van der Waals surface area (Å²) in [6.07, 6.45) is 7.48. The Labute approximate surface area is 80.5 Å². The Morgan fingerprint density at radius 1 is 0.923 bits per heavy atom. The van der Waals surface area contributed by atoms with Gasteiger partial charge in [-0.15, -0.1) is 0 Å². The lowest BCUT2D eigenvalue weighted by Crippen LogP contribution is -2.57. The van der Waals surface area contributed by atoms with Crippen LogP contribution in [0.15, 0.2) is 0 Å². The smallest absolute Gasteiger partial charge is 0.0456 e. The molecule has 2 aliphatic carbocycles. The fourth-order valence-electron chi connectivity index (χ4n) is 3.85. The highest BCUT2D eigenvalue weighted by Crippen LogP contribution is 2.44. The third-order valence-corrected chi connectivity index (χ3v) is 4.46. The average Bonchev–Trinajstić information content (AvgIpc) is 2.65. The van der Waals surface area contributed by atoms with Crippen LogP contribution in [0.3, 0.4) is 0 Å². The van der Waals surface area contributed by atoms with Crippen molar-refractivity contribution in [3.05, 3.63) is 0 Å². The topological polar surface area (TPSA) is 24.1 Å². The summed E-state index contributed by atoms with van der Waals surface area (Å²) in [5.41, 5.74) is 0. The maximum Gasteiger partial charge on any atom is 0.0456 e. The van der Waals surface area contributed by atoms with Crippen molar-refractivity contribution in [2.75, 3.05) is 13.2 Å². The zero-order valence-electron chi connectivity index (χ0n) is 8.26. The molecule has 74 valence electrons. The van der Waals surface area contributed by atoms with E-state index in [1.54, 1.807) is 0 Å². The molecule has 3 rings (SSSR count). The summed E-state index contributed by atoms with van der Waals surface area (Å²) < 4.78 is 0. The Morgan fingerprint density at radius 3 is 2.85 bits per heavy atom. The summed E-state index contributed by atoms with van der Waals surface area (Å²) in [5.74, 6) is 3.04. The second-order valence-corrected chi connectivity index (χ2v) is 5.05. The third kappa shape index (κ3) is 1.31. The molecule has 4 atom stereocenters. The minimum atomic E-state index is 0.863. The Balaban J connectivity index is 1.77. The van der Waals surface area contributed by atoms with Gasteiger partial charge in [-0.3, -0.25) is 0 Å².